The molecule has 1 aromatic carbocycles. The molecule has 3 fully saturated rings. The molecule has 13 heteroatoms. The Morgan fingerprint density at radius 2 is 1.48 bits per heavy atom. The number of halogens is 6. The van der Waals surface area contributed by atoms with Crippen molar-refractivity contribution in [2.24, 2.45) is 11.8 Å². The van der Waals surface area contributed by atoms with E-state index in [4.69, 9.17) is 0 Å². The van der Waals surface area contributed by atoms with E-state index in [1.165, 1.54) is 37.8 Å². The number of nitrogens with one attached hydrogen (secondary N) is 2. The van der Waals surface area contributed by atoms with Crippen molar-refractivity contribution < 1.29 is 31.1 Å². The van der Waals surface area contributed by atoms with E-state index in [2.05, 4.69) is 20.6 Å². The highest BCUT2D eigenvalue weighted by Gasteiger charge is 2.40. The molecular weight excluding hydrogens is 586 g/mol. The van der Waals surface area contributed by atoms with Crippen LogP contribution in [0.15, 0.2) is 30.3 Å². The van der Waals surface area contributed by atoms with Crippen molar-refractivity contribution >= 4 is 17.5 Å². The van der Waals surface area contributed by atoms with Gasteiger partial charge in [0.15, 0.2) is 0 Å². The van der Waals surface area contributed by atoms with E-state index < -0.39 is 29.8 Å². The van der Waals surface area contributed by atoms with Crippen LogP contribution in [-0.4, -0.2) is 61.2 Å². The second-order valence-electron chi connectivity index (χ2n) is 12.2. The molecule has 44 heavy (non-hydrogen) atoms. The van der Waals surface area contributed by atoms with Crippen LogP contribution >= 0.6 is 0 Å². The largest absolute Gasteiger partial charge is 0.451 e. The van der Waals surface area contributed by atoms with Crippen molar-refractivity contribution in [2.75, 3.05) is 49.1 Å². The second-order valence-corrected chi connectivity index (χ2v) is 12.2. The molecule has 2 N–H and O–H groups in total. The highest BCUT2D eigenvalue weighted by molar-refractivity contribution is 5.86. The lowest BCUT2D eigenvalue weighted by Crippen LogP contribution is -2.57. The minimum Gasteiger partial charge on any atom is -0.356 e. The summed E-state index contributed by atoms with van der Waals surface area (Å²) >= 11 is 0. The third-order valence-electron chi connectivity index (χ3n) is 9.19. The van der Waals surface area contributed by atoms with Crippen molar-refractivity contribution in [2.45, 2.75) is 76.2 Å². The van der Waals surface area contributed by atoms with Crippen LogP contribution in [-0.2, 0) is 23.6 Å². The number of carbonyl (C=O) groups is 1. The lowest BCUT2D eigenvalue weighted by atomic mass is 9.87. The van der Waals surface area contributed by atoms with Gasteiger partial charge in [0.2, 0.25) is 11.7 Å². The SMILES string of the molecule is O=C(NCCc1ccc(C(F)(F)F)cc1)C1CCN1c1cc(N2CCC(CCCC3CCNCC3)CC2)nc(C(F)(F)F)n1. The molecular formula is C31H40F6N6O. The molecule has 5 rings (SSSR count). The van der Waals surface area contributed by atoms with E-state index in [0.717, 1.165) is 50.4 Å². The van der Waals surface area contributed by atoms with Crippen LogP contribution < -0.4 is 20.4 Å². The molecule has 1 amide bonds. The Kier molecular flexibility index (Phi) is 10.2. The van der Waals surface area contributed by atoms with Gasteiger partial charge in [0, 0.05) is 32.2 Å². The molecule has 3 aliphatic heterocycles. The normalized spacial score (nSPS) is 20.5. The van der Waals surface area contributed by atoms with Gasteiger partial charge >= 0.3 is 12.4 Å². The van der Waals surface area contributed by atoms with Gasteiger partial charge in [-0.3, -0.25) is 4.79 Å². The van der Waals surface area contributed by atoms with Gasteiger partial charge in [-0.15, -0.1) is 0 Å². The van der Waals surface area contributed by atoms with Gasteiger partial charge in [-0.2, -0.15) is 26.3 Å². The van der Waals surface area contributed by atoms with Crippen molar-refractivity contribution in [1.82, 2.24) is 20.6 Å². The number of anilines is 2. The predicted molar refractivity (Wildman–Crippen MR) is 155 cm³/mol. The molecule has 0 aliphatic carbocycles. The highest BCUT2D eigenvalue weighted by atomic mass is 19.4. The molecule has 7 nitrogen and oxygen atoms in total. The minimum atomic E-state index is -4.73. The van der Waals surface area contributed by atoms with Crippen molar-refractivity contribution in [1.29, 1.82) is 0 Å². The topological polar surface area (TPSA) is 73.4 Å². The van der Waals surface area contributed by atoms with Crippen molar-refractivity contribution in [3.05, 3.63) is 47.3 Å². The summed E-state index contributed by atoms with van der Waals surface area (Å²) in [4.78, 5) is 24.0. The Labute approximate surface area is 253 Å². The number of hydrogen-bond acceptors (Lipinski definition) is 6. The molecule has 242 valence electrons. The minimum absolute atomic E-state index is 0.0700. The molecule has 0 radical (unpaired) electrons. The Morgan fingerprint density at radius 1 is 0.841 bits per heavy atom. The number of nitrogens with zero attached hydrogens (tertiary/aromatic N) is 4. The smallest absolute Gasteiger partial charge is 0.356 e. The number of benzene rings is 1. The lowest BCUT2D eigenvalue weighted by Gasteiger charge is -2.41. The van der Waals surface area contributed by atoms with Crippen molar-refractivity contribution in [3.63, 3.8) is 0 Å². The van der Waals surface area contributed by atoms with Crippen LogP contribution in [0.4, 0.5) is 38.0 Å². The number of hydrogen-bond donors (Lipinski definition) is 2. The first-order valence-electron chi connectivity index (χ1n) is 15.6. The van der Waals surface area contributed by atoms with Crippen LogP contribution in [0.1, 0.15) is 68.3 Å². The Hall–Kier alpha value is -3.09. The summed E-state index contributed by atoms with van der Waals surface area (Å²) in [6, 6.07) is 5.59. The standard InChI is InChI=1S/C31H40F6N6O/c32-30(33,34)24-6-4-23(5-7-24)10-16-39-28(44)25-13-19-43(25)27-20-26(40-29(41-27)31(35,36)37)42-17-11-22(12-18-42)3-1-2-21-8-14-38-15-9-21/h4-7,20-22,25,38H,1-3,8-19H2,(H,39,44). The van der Waals surface area contributed by atoms with Crippen molar-refractivity contribution in [3.8, 4) is 0 Å². The molecule has 0 bridgehead atoms. The quantitative estimate of drug-likeness (QED) is 0.323. The van der Waals surface area contributed by atoms with Gasteiger partial charge in [0.05, 0.1) is 5.56 Å². The molecule has 0 saturated carbocycles. The summed E-state index contributed by atoms with van der Waals surface area (Å²) in [5, 5.41) is 6.16. The molecule has 0 spiro atoms. The Balaban J connectivity index is 1.15. The Morgan fingerprint density at radius 3 is 2.07 bits per heavy atom. The molecule has 3 aliphatic rings. The average molecular weight is 627 g/mol. The zero-order chi connectivity index (χ0) is 31.3. The lowest BCUT2D eigenvalue weighted by molar-refractivity contribution is -0.144. The molecule has 1 unspecified atom stereocenters. The van der Waals surface area contributed by atoms with Crippen LogP contribution in [0.25, 0.3) is 0 Å². The van der Waals surface area contributed by atoms with Gasteiger partial charge in [-0.25, -0.2) is 9.97 Å². The van der Waals surface area contributed by atoms with Gasteiger partial charge in [0.1, 0.15) is 17.7 Å². The summed E-state index contributed by atoms with van der Waals surface area (Å²) in [6.45, 7) is 4.00. The summed E-state index contributed by atoms with van der Waals surface area (Å²) in [6.07, 6.45) is -0.532. The second kappa shape index (κ2) is 13.9. The molecule has 2 aromatic rings. The Bertz CT molecular complexity index is 1240. The van der Waals surface area contributed by atoms with E-state index in [-0.39, 0.29) is 24.1 Å². The maximum absolute atomic E-state index is 13.8. The summed E-state index contributed by atoms with van der Waals surface area (Å²) in [5.74, 6) is 0.0689. The first kappa shape index (κ1) is 32.3. The fourth-order valence-electron chi connectivity index (χ4n) is 6.42. The fraction of sp³-hybridized carbons (Fsp3) is 0.645. The first-order valence-corrected chi connectivity index (χ1v) is 15.6. The predicted octanol–water partition coefficient (Wildman–Crippen LogP) is 5.84. The van der Waals surface area contributed by atoms with Gasteiger partial charge in [-0.1, -0.05) is 31.4 Å². The van der Waals surface area contributed by atoms with E-state index in [0.29, 0.717) is 44.0 Å². The third-order valence-corrected chi connectivity index (χ3v) is 9.19. The highest BCUT2D eigenvalue weighted by Crippen LogP contribution is 2.35. The molecule has 3 saturated heterocycles. The monoisotopic (exact) mass is 626 g/mol. The number of aromatic nitrogens is 2. The van der Waals surface area contributed by atoms with E-state index in [1.54, 1.807) is 11.0 Å². The van der Waals surface area contributed by atoms with Crippen LogP contribution in [0.2, 0.25) is 0 Å². The number of carbonyl (C=O) groups excluding carboxylic acids is 1. The van der Waals surface area contributed by atoms with Gasteiger partial charge in [-0.05, 0) is 81.1 Å². The number of alkyl halides is 6. The van der Waals surface area contributed by atoms with E-state index >= 15 is 0 Å². The summed E-state index contributed by atoms with van der Waals surface area (Å²) < 4.78 is 79.8. The molecule has 1 atom stereocenters. The first-order chi connectivity index (χ1) is 21.0. The molecule has 4 heterocycles. The maximum Gasteiger partial charge on any atom is 0.451 e. The van der Waals surface area contributed by atoms with Crippen LogP contribution in [0.5, 0.6) is 0 Å². The third kappa shape index (κ3) is 8.33. The van der Waals surface area contributed by atoms with Crippen LogP contribution in [0.3, 0.4) is 0 Å². The number of piperidine rings is 2. The molecule has 1 aromatic heterocycles. The number of rotatable bonds is 10. The summed E-state index contributed by atoms with van der Waals surface area (Å²) in [5.41, 5.74) is -0.116. The zero-order valence-corrected chi connectivity index (χ0v) is 24.7. The fourth-order valence-corrected chi connectivity index (χ4v) is 6.42. The number of amides is 1. The average Bonchev–Trinajstić information content (AvgIpc) is 2.97. The zero-order valence-electron chi connectivity index (χ0n) is 24.7. The van der Waals surface area contributed by atoms with E-state index in [1.807, 2.05) is 4.90 Å². The van der Waals surface area contributed by atoms with Gasteiger partial charge < -0.3 is 20.4 Å². The summed E-state index contributed by atoms with van der Waals surface area (Å²) in [7, 11) is 0. The van der Waals surface area contributed by atoms with Crippen LogP contribution in [0, 0.1) is 11.8 Å². The van der Waals surface area contributed by atoms with E-state index in [9.17, 15) is 31.1 Å². The van der Waals surface area contributed by atoms with Gasteiger partial charge in [0.25, 0.3) is 0 Å². The maximum atomic E-state index is 13.8.